The Kier molecular flexibility index (Phi) is 2.05. The van der Waals surface area contributed by atoms with E-state index in [0.29, 0.717) is 11.0 Å². The van der Waals surface area contributed by atoms with Gasteiger partial charge in [-0.3, -0.25) is 14.5 Å². The van der Waals surface area contributed by atoms with E-state index in [2.05, 4.69) is 15.1 Å². The van der Waals surface area contributed by atoms with Gasteiger partial charge >= 0.3 is 0 Å². The fourth-order valence-corrected chi connectivity index (χ4v) is 1.95. The predicted molar refractivity (Wildman–Crippen MR) is 63.5 cm³/mol. The summed E-state index contributed by atoms with van der Waals surface area (Å²) in [5, 5.41) is 4.15. The summed E-state index contributed by atoms with van der Waals surface area (Å²) in [5.74, 6) is 0. The molecule has 0 bridgehead atoms. The molecule has 1 N–H and O–H groups in total. The van der Waals surface area contributed by atoms with Crippen molar-refractivity contribution in [2.75, 3.05) is 0 Å². The lowest BCUT2D eigenvalue weighted by atomic mass is 10.4. The molecular formula is C10H8ClN5O. The van der Waals surface area contributed by atoms with E-state index in [9.17, 15) is 4.79 Å². The Morgan fingerprint density at radius 2 is 2.29 bits per heavy atom. The van der Waals surface area contributed by atoms with Gasteiger partial charge in [0.15, 0.2) is 0 Å². The average Bonchev–Trinajstić information content (AvgIpc) is 2.83. The summed E-state index contributed by atoms with van der Waals surface area (Å²) in [4.78, 5) is 18.4. The number of rotatable bonds is 1. The zero-order chi connectivity index (χ0) is 12.0. The number of hydrogen-bond acceptors (Lipinski definition) is 3. The largest absolute Gasteiger partial charge is 0.308 e. The second-order valence-electron chi connectivity index (χ2n) is 3.65. The van der Waals surface area contributed by atoms with Crippen LogP contribution in [-0.4, -0.2) is 24.3 Å². The molecule has 3 aromatic rings. The van der Waals surface area contributed by atoms with Gasteiger partial charge in [-0.15, -0.1) is 0 Å². The molecule has 6 nitrogen and oxygen atoms in total. The van der Waals surface area contributed by atoms with Gasteiger partial charge in [0.25, 0.3) is 5.56 Å². The summed E-state index contributed by atoms with van der Waals surface area (Å²) >= 11 is 5.69. The first kappa shape index (κ1) is 10.1. The number of aromatic amines is 1. The Morgan fingerprint density at radius 3 is 3.00 bits per heavy atom. The topological polar surface area (TPSA) is 68.5 Å². The smallest absolute Gasteiger partial charge is 0.276 e. The Morgan fingerprint density at radius 1 is 1.47 bits per heavy atom. The van der Waals surface area contributed by atoms with Gasteiger partial charge in [0.1, 0.15) is 5.52 Å². The van der Waals surface area contributed by atoms with E-state index in [4.69, 9.17) is 11.6 Å². The first-order valence-corrected chi connectivity index (χ1v) is 5.29. The maximum atomic E-state index is 11.8. The van der Waals surface area contributed by atoms with E-state index < -0.39 is 0 Å². The van der Waals surface area contributed by atoms with E-state index in [-0.39, 0.29) is 10.8 Å². The monoisotopic (exact) mass is 249 g/mol. The fourth-order valence-electron chi connectivity index (χ4n) is 1.77. The van der Waals surface area contributed by atoms with Gasteiger partial charge in [0, 0.05) is 19.4 Å². The van der Waals surface area contributed by atoms with Crippen molar-refractivity contribution in [1.29, 1.82) is 0 Å². The van der Waals surface area contributed by atoms with Gasteiger partial charge in [0.05, 0.1) is 17.4 Å². The molecule has 0 fully saturated rings. The molecule has 3 heterocycles. The Labute approximate surface area is 100 Å². The van der Waals surface area contributed by atoms with Crippen LogP contribution in [0.2, 0.25) is 5.28 Å². The third-order valence-electron chi connectivity index (χ3n) is 2.48. The number of fused-ring (bicyclic) bond motifs is 1. The van der Waals surface area contributed by atoms with Crippen LogP contribution in [0.1, 0.15) is 0 Å². The second kappa shape index (κ2) is 3.46. The number of aromatic nitrogens is 5. The zero-order valence-corrected chi connectivity index (χ0v) is 9.64. The summed E-state index contributed by atoms with van der Waals surface area (Å²) in [6.45, 7) is 0. The van der Waals surface area contributed by atoms with E-state index in [1.807, 2.05) is 13.2 Å². The molecule has 0 atom stereocenters. The average molecular weight is 250 g/mol. The normalized spacial score (nSPS) is 11.2. The molecule has 3 rings (SSSR count). The molecule has 0 saturated carbocycles. The Hall–Kier alpha value is -2.08. The van der Waals surface area contributed by atoms with Crippen molar-refractivity contribution in [3.05, 3.63) is 40.3 Å². The first-order chi connectivity index (χ1) is 8.15. The SMILES string of the molecule is Cn1cc(-n2ccc3nc(Cl)[nH]c(=O)c32)cn1. The van der Waals surface area contributed by atoms with Crippen molar-refractivity contribution in [1.82, 2.24) is 24.3 Å². The summed E-state index contributed by atoms with van der Waals surface area (Å²) in [7, 11) is 1.81. The predicted octanol–water partition coefficient (Wildman–Crippen LogP) is 1.10. The van der Waals surface area contributed by atoms with Gasteiger partial charge in [0.2, 0.25) is 5.28 Å². The molecule has 0 amide bonds. The molecule has 0 radical (unpaired) electrons. The van der Waals surface area contributed by atoms with Crippen molar-refractivity contribution in [2.45, 2.75) is 0 Å². The maximum absolute atomic E-state index is 11.8. The molecule has 86 valence electrons. The van der Waals surface area contributed by atoms with Gasteiger partial charge in [-0.1, -0.05) is 0 Å². The Balaban J connectivity index is 2.35. The van der Waals surface area contributed by atoms with Crippen molar-refractivity contribution < 1.29 is 0 Å². The van der Waals surface area contributed by atoms with Crippen LogP contribution in [-0.2, 0) is 7.05 Å². The van der Waals surface area contributed by atoms with Gasteiger partial charge in [-0.2, -0.15) is 5.10 Å². The van der Waals surface area contributed by atoms with Crippen LogP contribution in [0.4, 0.5) is 0 Å². The molecule has 0 aromatic carbocycles. The van der Waals surface area contributed by atoms with E-state index in [0.717, 1.165) is 5.69 Å². The molecule has 3 aromatic heterocycles. The molecular weight excluding hydrogens is 242 g/mol. The van der Waals surface area contributed by atoms with E-state index >= 15 is 0 Å². The number of H-pyrrole nitrogens is 1. The summed E-state index contributed by atoms with van der Waals surface area (Å²) < 4.78 is 3.39. The summed E-state index contributed by atoms with van der Waals surface area (Å²) in [5.41, 5.74) is 1.55. The number of hydrogen-bond donors (Lipinski definition) is 1. The summed E-state index contributed by atoms with van der Waals surface area (Å²) in [6.07, 6.45) is 5.25. The van der Waals surface area contributed by atoms with E-state index in [1.165, 1.54) is 0 Å². The molecule has 0 aliphatic rings. The van der Waals surface area contributed by atoms with Crippen molar-refractivity contribution in [2.24, 2.45) is 7.05 Å². The first-order valence-electron chi connectivity index (χ1n) is 4.91. The van der Waals surface area contributed by atoms with Crippen LogP contribution >= 0.6 is 11.6 Å². The van der Waals surface area contributed by atoms with Gasteiger partial charge in [-0.05, 0) is 17.7 Å². The van der Waals surface area contributed by atoms with Crippen molar-refractivity contribution in [3.63, 3.8) is 0 Å². The molecule has 0 spiro atoms. The summed E-state index contributed by atoms with van der Waals surface area (Å²) in [6, 6.07) is 1.74. The quantitative estimate of drug-likeness (QED) is 0.657. The van der Waals surface area contributed by atoms with Crippen LogP contribution in [0, 0.1) is 0 Å². The second-order valence-corrected chi connectivity index (χ2v) is 4.01. The minimum atomic E-state index is -0.270. The molecule has 0 aliphatic heterocycles. The molecule has 7 heteroatoms. The van der Waals surface area contributed by atoms with Gasteiger partial charge < -0.3 is 4.57 Å². The van der Waals surface area contributed by atoms with E-state index in [1.54, 1.807) is 27.7 Å². The highest BCUT2D eigenvalue weighted by atomic mass is 35.5. The maximum Gasteiger partial charge on any atom is 0.276 e. The minimum absolute atomic E-state index is 0.0893. The van der Waals surface area contributed by atoms with Crippen LogP contribution in [0.25, 0.3) is 16.7 Å². The lowest BCUT2D eigenvalue weighted by Gasteiger charge is -1.99. The van der Waals surface area contributed by atoms with Crippen molar-refractivity contribution >= 4 is 22.6 Å². The Bertz CT molecular complexity index is 753. The number of halogens is 1. The minimum Gasteiger partial charge on any atom is -0.308 e. The third kappa shape index (κ3) is 1.53. The standard InChI is InChI=1S/C10H8ClN5O/c1-15-5-6(4-12-15)16-3-2-7-8(16)9(17)14-10(11)13-7/h2-5H,1H3,(H,13,14,17). The number of nitrogens with zero attached hydrogens (tertiary/aromatic N) is 4. The zero-order valence-electron chi connectivity index (χ0n) is 8.88. The van der Waals surface area contributed by atoms with Crippen LogP contribution in [0.3, 0.4) is 0 Å². The lowest BCUT2D eigenvalue weighted by molar-refractivity contribution is 0.767. The lowest BCUT2D eigenvalue weighted by Crippen LogP contribution is -2.11. The molecule has 0 unspecified atom stereocenters. The van der Waals surface area contributed by atoms with Crippen molar-refractivity contribution in [3.8, 4) is 5.69 Å². The highest BCUT2D eigenvalue weighted by Gasteiger charge is 2.10. The highest BCUT2D eigenvalue weighted by molar-refractivity contribution is 6.28. The highest BCUT2D eigenvalue weighted by Crippen LogP contribution is 2.15. The van der Waals surface area contributed by atoms with Crippen LogP contribution < -0.4 is 5.56 Å². The fraction of sp³-hybridized carbons (Fsp3) is 0.100. The third-order valence-corrected chi connectivity index (χ3v) is 2.66. The number of aryl methyl sites for hydroxylation is 1. The van der Waals surface area contributed by atoms with Crippen LogP contribution in [0.5, 0.6) is 0 Å². The molecule has 0 aliphatic carbocycles. The molecule has 17 heavy (non-hydrogen) atoms. The number of nitrogens with one attached hydrogen (secondary N) is 1. The van der Waals surface area contributed by atoms with Crippen LogP contribution in [0.15, 0.2) is 29.5 Å². The van der Waals surface area contributed by atoms with Gasteiger partial charge in [-0.25, -0.2) is 4.98 Å². The molecule has 0 saturated heterocycles.